The van der Waals surface area contributed by atoms with Gasteiger partial charge in [-0.3, -0.25) is 0 Å². The van der Waals surface area contributed by atoms with E-state index in [2.05, 4.69) is 0 Å². The average Bonchev–Trinajstić information content (AvgIpc) is 2.05. The van der Waals surface area contributed by atoms with Crippen LogP contribution in [0.1, 0.15) is 6.92 Å². The van der Waals surface area contributed by atoms with Crippen LogP contribution >= 0.6 is 0 Å². The molecule has 0 bridgehead atoms. The molecule has 0 fully saturated rings. The molecule has 0 spiro atoms. The Morgan fingerprint density at radius 3 is 1.86 bits per heavy atom. The van der Waals surface area contributed by atoms with E-state index in [1.165, 1.54) is 12.1 Å². The van der Waals surface area contributed by atoms with E-state index in [9.17, 15) is 8.96 Å². The van der Waals surface area contributed by atoms with E-state index >= 15 is 0 Å². The normalized spacial score (nSPS) is 7.64. The molecule has 3 nitrogen and oxygen atoms in total. The zero-order valence-electron chi connectivity index (χ0n) is 7.91. The summed E-state index contributed by atoms with van der Waals surface area (Å²) in [6, 6.07) is 7.47. The average molecular weight is 211 g/mol. The molecule has 1 aromatic rings. The fourth-order valence-corrected chi connectivity index (χ4v) is 0.541. The topological polar surface area (TPSA) is 43.4 Å². The summed E-state index contributed by atoms with van der Waals surface area (Å²) >= 11 is 0. The van der Waals surface area contributed by atoms with Gasteiger partial charge in [0.1, 0.15) is 5.69 Å². The number of carboxylic acid groups (broad SMARTS) is 1. The Bertz CT molecular complexity index is 253. The Hall–Kier alpha value is -0.650. The van der Waals surface area contributed by atoms with Gasteiger partial charge in [-0.15, -0.1) is 0 Å². The summed E-state index contributed by atoms with van der Waals surface area (Å²) in [5.41, 5.74) is -0.0856. The Labute approximate surface area is 102 Å². The molecule has 1 rings (SSSR count). The standard InChI is InChI=1S/C6H5F2N.C2H4O2.Na/c7-9(8)6-4-2-1-3-5-6;1-2(3)4;/h1-5H;1H3,(H,3,4);/q;;+1/p-1. The molecular formula is C8H8F2NNaO2. The molecule has 0 aliphatic heterocycles. The maximum Gasteiger partial charge on any atom is 1.00 e. The van der Waals surface area contributed by atoms with Gasteiger partial charge in [-0.05, 0) is 24.4 Å². The Balaban J connectivity index is 0. The van der Waals surface area contributed by atoms with Crippen LogP contribution in [0.25, 0.3) is 0 Å². The molecule has 14 heavy (non-hydrogen) atoms. The number of hydrogen-bond donors (Lipinski definition) is 0. The molecule has 0 unspecified atom stereocenters. The van der Waals surface area contributed by atoms with Gasteiger partial charge in [0.05, 0.1) is 0 Å². The first kappa shape index (κ1) is 15.8. The smallest absolute Gasteiger partial charge is 0.550 e. The minimum absolute atomic E-state index is 0. The molecule has 0 N–H and O–H groups in total. The number of carbonyl (C=O) groups is 1. The monoisotopic (exact) mass is 211 g/mol. The number of benzene rings is 1. The third kappa shape index (κ3) is 9.44. The van der Waals surface area contributed by atoms with Crippen molar-refractivity contribution in [3.63, 3.8) is 0 Å². The van der Waals surface area contributed by atoms with Crippen LogP contribution in [0.4, 0.5) is 14.6 Å². The molecule has 0 saturated carbocycles. The molecule has 0 aromatic heterocycles. The first-order valence-corrected chi connectivity index (χ1v) is 3.38. The summed E-state index contributed by atoms with van der Waals surface area (Å²) in [5, 5.41) is 7.97. The molecule has 72 valence electrons. The first-order chi connectivity index (χ1) is 6.04. The van der Waals surface area contributed by atoms with Gasteiger partial charge in [0.25, 0.3) is 0 Å². The van der Waals surface area contributed by atoms with Crippen molar-refractivity contribution in [1.29, 1.82) is 0 Å². The summed E-state index contributed by atoms with van der Waals surface area (Å²) in [4.78, 5) is 8.89. The second-order valence-electron chi connectivity index (χ2n) is 2.06. The number of carboxylic acids is 1. The zero-order chi connectivity index (χ0) is 10.3. The molecule has 0 aliphatic rings. The van der Waals surface area contributed by atoms with Gasteiger partial charge in [-0.1, -0.05) is 27.2 Å². The van der Waals surface area contributed by atoms with Gasteiger partial charge in [0.15, 0.2) is 0 Å². The summed E-state index contributed by atoms with van der Waals surface area (Å²) in [7, 11) is 0. The van der Waals surface area contributed by atoms with Crippen molar-refractivity contribution in [2.75, 3.05) is 5.34 Å². The largest absolute Gasteiger partial charge is 1.00 e. The third-order valence-corrected chi connectivity index (χ3v) is 0.951. The van der Waals surface area contributed by atoms with E-state index < -0.39 is 11.3 Å². The molecule has 0 amide bonds. The number of nitrogens with zero attached hydrogens (tertiary/aromatic N) is 1. The fourth-order valence-electron chi connectivity index (χ4n) is 0.541. The number of carbonyl (C=O) groups excluding carboxylic acids is 1. The predicted molar refractivity (Wildman–Crippen MR) is 41.8 cm³/mol. The van der Waals surface area contributed by atoms with E-state index in [0.717, 1.165) is 6.92 Å². The van der Waals surface area contributed by atoms with Crippen molar-refractivity contribution in [3.05, 3.63) is 30.3 Å². The molecule has 0 aliphatic carbocycles. The van der Waals surface area contributed by atoms with Crippen molar-refractivity contribution in [2.45, 2.75) is 6.92 Å². The van der Waals surface area contributed by atoms with Crippen LogP contribution in [-0.4, -0.2) is 5.97 Å². The van der Waals surface area contributed by atoms with E-state index in [4.69, 9.17) is 9.90 Å². The fraction of sp³-hybridized carbons (Fsp3) is 0.125. The second-order valence-corrected chi connectivity index (χ2v) is 2.06. The Kier molecular flexibility index (Phi) is 10.1. The summed E-state index contributed by atoms with van der Waals surface area (Å²) in [6.45, 7) is 0.972. The van der Waals surface area contributed by atoms with Gasteiger partial charge in [-0.2, -0.15) is 0 Å². The van der Waals surface area contributed by atoms with E-state index in [1.807, 2.05) is 0 Å². The number of anilines is 1. The van der Waals surface area contributed by atoms with Crippen LogP contribution in [0.15, 0.2) is 30.3 Å². The van der Waals surface area contributed by atoms with Crippen LogP contribution in [0, 0.1) is 0 Å². The van der Waals surface area contributed by atoms with E-state index in [0.29, 0.717) is 0 Å². The molecule has 1 aromatic carbocycles. The molecular weight excluding hydrogens is 203 g/mol. The third-order valence-electron chi connectivity index (χ3n) is 0.951. The first-order valence-electron chi connectivity index (χ1n) is 3.38. The van der Waals surface area contributed by atoms with Crippen molar-refractivity contribution in [2.24, 2.45) is 0 Å². The quantitative estimate of drug-likeness (QED) is 0.399. The van der Waals surface area contributed by atoms with Gasteiger partial charge < -0.3 is 9.90 Å². The van der Waals surface area contributed by atoms with E-state index in [-0.39, 0.29) is 35.2 Å². The molecule has 0 saturated heterocycles. The van der Waals surface area contributed by atoms with Crippen LogP contribution in [0.5, 0.6) is 0 Å². The summed E-state index contributed by atoms with van der Waals surface area (Å²) in [6.07, 6.45) is 0. The van der Waals surface area contributed by atoms with Gasteiger partial charge >= 0.3 is 29.6 Å². The van der Waals surface area contributed by atoms with Gasteiger partial charge in [0, 0.05) is 5.97 Å². The molecule has 6 heteroatoms. The number of aliphatic carboxylic acids is 1. The number of halogens is 2. The van der Waals surface area contributed by atoms with Crippen molar-refractivity contribution in [1.82, 2.24) is 0 Å². The minimum Gasteiger partial charge on any atom is -0.550 e. The summed E-state index contributed by atoms with van der Waals surface area (Å²) < 4.78 is 23.2. The minimum atomic E-state index is -1.08. The summed E-state index contributed by atoms with van der Waals surface area (Å²) in [5.74, 6) is -1.08. The number of rotatable bonds is 1. The number of hydrogen-bond acceptors (Lipinski definition) is 3. The maximum atomic E-state index is 11.6. The second kappa shape index (κ2) is 8.93. The van der Waals surface area contributed by atoms with Gasteiger partial charge in [0.2, 0.25) is 0 Å². The van der Waals surface area contributed by atoms with Crippen LogP contribution in [0.3, 0.4) is 0 Å². The van der Waals surface area contributed by atoms with Crippen molar-refractivity contribution >= 4 is 11.7 Å². The van der Waals surface area contributed by atoms with Gasteiger partial charge in [-0.25, -0.2) is 0 Å². The Morgan fingerprint density at radius 2 is 1.64 bits per heavy atom. The van der Waals surface area contributed by atoms with Crippen LogP contribution in [-0.2, 0) is 4.79 Å². The zero-order valence-corrected chi connectivity index (χ0v) is 9.91. The molecule has 0 radical (unpaired) electrons. The Morgan fingerprint density at radius 1 is 1.29 bits per heavy atom. The van der Waals surface area contributed by atoms with Crippen LogP contribution in [0.2, 0.25) is 0 Å². The number of para-hydroxylation sites is 1. The molecule has 0 atom stereocenters. The van der Waals surface area contributed by atoms with Crippen molar-refractivity contribution in [3.8, 4) is 0 Å². The van der Waals surface area contributed by atoms with E-state index in [1.54, 1.807) is 18.2 Å². The SMILES string of the molecule is CC(=O)[O-].FN(F)c1ccccc1.[Na+]. The predicted octanol–water partition coefficient (Wildman–Crippen LogP) is -1.98. The van der Waals surface area contributed by atoms with Crippen molar-refractivity contribution < 1.29 is 48.4 Å². The molecule has 0 heterocycles. The maximum absolute atomic E-state index is 11.6. The van der Waals surface area contributed by atoms with Crippen LogP contribution < -0.4 is 40.0 Å².